The molecule has 1 aromatic rings. The van der Waals surface area contributed by atoms with Gasteiger partial charge < -0.3 is 9.64 Å². The number of rotatable bonds is 2. The second-order valence-corrected chi connectivity index (χ2v) is 3.87. The second kappa shape index (κ2) is 4.92. The lowest BCUT2D eigenvalue weighted by Crippen LogP contribution is -2.39. The smallest absolute Gasteiger partial charge is 0.310 e. The van der Waals surface area contributed by atoms with E-state index in [1.807, 2.05) is 0 Å². The number of carbonyl (C=O) groups excluding carboxylic acids is 1. The van der Waals surface area contributed by atoms with Crippen LogP contribution in [0.2, 0.25) is 0 Å². The Hall–Kier alpha value is -1.65. The minimum absolute atomic E-state index is 0.0410. The van der Waals surface area contributed by atoms with E-state index >= 15 is 0 Å². The average Bonchev–Trinajstić information content (AvgIpc) is 2.39. The Bertz CT molecular complexity index is 356. The molecule has 1 atom stereocenters. The zero-order valence-corrected chi connectivity index (χ0v) is 9.30. The Morgan fingerprint density at radius 3 is 3.12 bits per heavy atom. The van der Waals surface area contributed by atoms with E-state index < -0.39 is 0 Å². The molecule has 1 aliphatic rings. The van der Waals surface area contributed by atoms with Crippen molar-refractivity contribution in [1.82, 2.24) is 9.97 Å². The summed E-state index contributed by atoms with van der Waals surface area (Å²) in [5.41, 5.74) is 0. The van der Waals surface area contributed by atoms with Gasteiger partial charge in [0, 0.05) is 25.5 Å². The predicted molar refractivity (Wildman–Crippen MR) is 59.0 cm³/mol. The van der Waals surface area contributed by atoms with E-state index in [9.17, 15) is 4.79 Å². The van der Waals surface area contributed by atoms with Gasteiger partial charge in [0.1, 0.15) is 5.82 Å². The van der Waals surface area contributed by atoms with Crippen LogP contribution in [0, 0.1) is 5.92 Å². The third-order valence-electron chi connectivity index (χ3n) is 2.83. The number of hydrogen-bond acceptors (Lipinski definition) is 5. The molecule has 5 nitrogen and oxygen atoms in total. The molecule has 1 aliphatic heterocycles. The summed E-state index contributed by atoms with van der Waals surface area (Å²) < 4.78 is 4.77. The van der Waals surface area contributed by atoms with Gasteiger partial charge in [0.05, 0.1) is 19.2 Å². The molecule has 1 fully saturated rings. The number of piperidine rings is 1. The van der Waals surface area contributed by atoms with E-state index in [0.717, 1.165) is 25.2 Å². The summed E-state index contributed by atoms with van der Waals surface area (Å²) >= 11 is 0. The summed E-state index contributed by atoms with van der Waals surface area (Å²) in [6, 6.07) is 0. The van der Waals surface area contributed by atoms with Crippen molar-refractivity contribution in [2.45, 2.75) is 12.8 Å². The second-order valence-electron chi connectivity index (χ2n) is 3.87. The van der Waals surface area contributed by atoms with Gasteiger partial charge in [-0.15, -0.1) is 0 Å². The fourth-order valence-corrected chi connectivity index (χ4v) is 2.00. The minimum atomic E-state index is -0.131. The first-order chi connectivity index (χ1) is 7.81. The molecule has 86 valence electrons. The van der Waals surface area contributed by atoms with Crippen molar-refractivity contribution in [3.63, 3.8) is 0 Å². The largest absolute Gasteiger partial charge is 0.469 e. The Balaban J connectivity index is 2.05. The molecular formula is C11H15N3O2. The van der Waals surface area contributed by atoms with Crippen LogP contribution in [-0.4, -0.2) is 36.1 Å². The summed E-state index contributed by atoms with van der Waals surface area (Å²) in [5.74, 6) is 0.658. The third kappa shape index (κ3) is 2.29. The van der Waals surface area contributed by atoms with Crippen LogP contribution >= 0.6 is 0 Å². The molecule has 0 aromatic carbocycles. The molecule has 1 unspecified atom stereocenters. The quantitative estimate of drug-likeness (QED) is 0.693. The number of aromatic nitrogens is 2. The highest BCUT2D eigenvalue weighted by Crippen LogP contribution is 2.21. The maximum atomic E-state index is 11.5. The van der Waals surface area contributed by atoms with Crippen LogP contribution in [0.25, 0.3) is 0 Å². The van der Waals surface area contributed by atoms with Gasteiger partial charge in [-0.1, -0.05) is 0 Å². The van der Waals surface area contributed by atoms with E-state index in [0.29, 0.717) is 6.54 Å². The van der Waals surface area contributed by atoms with Crippen molar-refractivity contribution in [2.24, 2.45) is 5.92 Å². The number of hydrogen-bond donors (Lipinski definition) is 0. The highest BCUT2D eigenvalue weighted by Gasteiger charge is 2.26. The number of carbonyl (C=O) groups is 1. The van der Waals surface area contributed by atoms with Crippen molar-refractivity contribution < 1.29 is 9.53 Å². The summed E-state index contributed by atoms with van der Waals surface area (Å²) in [7, 11) is 1.43. The van der Waals surface area contributed by atoms with E-state index in [1.54, 1.807) is 18.6 Å². The Kier molecular flexibility index (Phi) is 3.34. The van der Waals surface area contributed by atoms with Gasteiger partial charge in [0.25, 0.3) is 0 Å². The lowest BCUT2D eigenvalue weighted by atomic mass is 9.98. The molecule has 0 aliphatic carbocycles. The summed E-state index contributed by atoms with van der Waals surface area (Å²) in [6.07, 6.45) is 6.90. The maximum Gasteiger partial charge on any atom is 0.310 e. The van der Waals surface area contributed by atoms with Crippen LogP contribution < -0.4 is 4.90 Å². The summed E-state index contributed by atoms with van der Waals surface area (Å²) in [6.45, 7) is 1.59. The molecule has 2 heterocycles. The molecule has 0 radical (unpaired) electrons. The van der Waals surface area contributed by atoms with Crippen LogP contribution in [0.3, 0.4) is 0 Å². The highest BCUT2D eigenvalue weighted by molar-refractivity contribution is 5.73. The lowest BCUT2D eigenvalue weighted by Gasteiger charge is -2.31. The van der Waals surface area contributed by atoms with Gasteiger partial charge in [-0.05, 0) is 12.8 Å². The van der Waals surface area contributed by atoms with Crippen LogP contribution in [0.15, 0.2) is 18.6 Å². The van der Waals surface area contributed by atoms with E-state index in [2.05, 4.69) is 14.9 Å². The molecule has 0 saturated carbocycles. The van der Waals surface area contributed by atoms with Crippen LogP contribution in [-0.2, 0) is 9.53 Å². The first kappa shape index (κ1) is 10.9. The van der Waals surface area contributed by atoms with Crippen molar-refractivity contribution >= 4 is 11.8 Å². The van der Waals surface area contributed by atoms with Gasteiger partial charge in [0.15, 0.2) is 0 Å². The molecule has 0 bridgehead atoms. The first-order valence-corrected chi connectivity index (χ1v) is 5.40. The molecule has 2 rings (SSSR count). The molecule has 0 amide bonds. The van der Waals surface area contributed by atoms with Gasteiger partial charge in [-0.3, -0.25) is 9.78 Å². The molecule has 5 heteroatoms. The van der Waals surface area contributed by atoms with Gasteiger partial charge in [0.2, 0.25) is 0 Å². The molecule has 1 saturated heterocycles. The predicted octanol–water partition coefficient (Wildman–Crippen LogP) is 0.866. The van der Waals surface area contributed by atoms with Crippen molar-refractivity contribution in [3.8, 4) is 0 Å². The monoisotopic (exact) mass is 221 g/mol. The van der Waals surface area contributed by atoms with Crippen molar-refractivity contribution in [1.29, 1.82) is 0 Å². The van der Waals surface area contributed by atoms with Gasteiger partial charge in [-0.2, -0.15) is 0 Å². The van der Waals surface area contributed by atoms with Crippen LogP contribution in [0.4, 0.5) is 5.82 Å². The molecule has 1 aromatic heterocycles. The maximum absolute atomic E-state index is 11.5. The molecule has 16 heavy (non-hydrogen) atoms. The number of nitrogens with zero attached hydrogens (tertiary/aromatic N) is 3. The summed E-state index contributed by atoms with van der Waals surface area (Å²) in [5, 5.41) is 0. The van der Waals surface area contributed by atoms with Crippen molar-refractivity contribution in [2.75, 3.05) is 25.1 Å². The number of anilines is 1. The normalized spacial score (nSPS) is 20.6. The number of esters is 1. The fourth-order valence-electron chi connectivity index (χ4n) is 2.00. The number of ether oxygens (including phenoxy) is 1. The average molecular weight is 221 g/mol. The highest BCUT2D eigenvalue weighted by atomic mass is 16.5. The van der Waals surface area contributed by atoms with E-state index in [4.69, 9.17) is 4.74 Å². The first-order valence-electron chi connectivity index (χ1n) is 5.40. The Morgan fingerprint density at radius 1 is 1.56 bits per heavy atom. The van der Waals surface area contributed by atoms with E-state index in [-0.39, 0.29) is 11.9 Å². The van der Waals surface area contributed by atoms with Gasteiger partial charge >= 0.3 is 5.97 Å². The van der Waals surface area contributed by atoms with Crippen LogP contribution in [0.1, 0.15) is 12.8 Å². The SMILES string of the molecule is COC(=O)C1CCCN(c2cnccn2)C1. The Morgan fingerprint density at radius 2 is 2.44 bits per heavy atom. The molecule has 0 spiro atoms. The number of methoxy groups -OCH3 is 1. The minimum Gasteiger partial charge on any atom is -0.469 e. The molecular weight excluding hydrogens is 206 g/mol. The topological polar surface area (TPSA) is 55.3 Å². The zero-order chi connectivity index (χ0) is 11.4. The van der Waals surface area contributed by atoms with Crippen molar-refractivity contribution in [3.05, 3.63) is 18.6 Å². The standard InChI is InChI=1S/C11H15N3O2/c1-16-11(15)9-3-2-6-14(8-9)10-7-12-4-5-13-10/h4-5,7,9H,2-3,6,8H2,1H3. The lowest BCUT2D eigenvalue weighted by molar-refractivity contribution is -0.145. The third-order valence-corrected chi connectivity index (χ3v) is 2.83. The van der Waals surface area contributed by atoms with Crippen LogP contribution in [0.5, 0.6) is 0 Å². The molecule has 0 N–H and O–H groups in total. The zero-order valence-electron chi connectivity index (χ0n) is 9.30. The van der Waals surface area contributed by atoms with E-state index in [1.165, 1.54) is 7.11 Å². The Labute approximate surface area is 94.5 Å². The van der Waals surface area contributed by atoms with Gasteiger partial charge in [-0.25, -0.2) is 4.98 Å². The summed E-state index contributed by atoms with van der Waals surface area (Å²) in [4.78, 5) is 21.8. The fraction of sp³-hybridized carbons (Fsp3) is 0.545.